The first-order valence-corrected chi connectivity index (χ1v) is 10.5. The molecule has 0 aromatic heterocycles. The van der Waals surface area contributed by atoms with Crippen molar-refractivity contribution in [3.63, 3.8) is 0 Å². The van der Waals surface area contributed by atoms with E-state index in [-0.39, 0.29) is 5.91 Å². The van der Waals surface area contributed by atoms with Gasteiger partial charge in [0.15, 0.2) is 0 Å². The molecule has 0 spiro atoms. The molecule has 0 saturated carbocycles. The van der Waals surface area contributed by atoms with E-state index in [1.165, 1.54) is 22.2 Å². The number of amides is 1. The zero-order chi connectivity index (χ0) is 20.6. The van der Waals surface area contributed by atoms with Crippen LogP contribution in [0.15, 0.2) is 53.4 Å². The summed E-state index contributed by atoms with van der Waals surface area (Å²) in [7, 11) is 1.69. The summed E-state index contributed by atoms with van der Waals surface area (Å²) >= 11 is 6.45. The lowest BCUT2D eigenvalue weighted by Gasteiger charge is -2.09. The van der Waals surface area contributed by atoms with Crippen molar-refractivity contribution in [2.45, 2.75) is 6.92 Å². The second kappa shape index (κ2) is 10.4. The standard InChI is InChI=1S/C22H23NO4S2/c1-16-3-7-18(8-4-16)26-13-11-25-12-14-27-19-9-5-17(6-10-19)15-20-21(24)23(2)22(28)29-20/h3-10,15H,11-14H2,1-2H3. The van der Waals surface area contributed by atoms with Gasteiger partial charge in [0.05, 0.1) is 18.1 Å². The van der Waals surface area contributed by atoms with Crippen LogP contribution in [-0.2, 0) is 9.53 Å². The van der Waals surface area contributed by atoms with Gasteiger partial charge in [-0.25, -0.2) is 0 Å². The number of benzene rings is 2. The quantitative estimate of drug-likeness (QED) is 0.337. The van der Waals surface area contributed by atoms with Gasteiger partial charge in [-0.2, -0.15) is 0 Å². The van der Waals surface area contributed by atoms with Crippen molar-refractivity contribution in [1.29, 1.82) is 0 Å². The number of thiocarbonyl (C=S) groups is 1. The van der Waals surface area contributed by atoms with E-state index in [0.29, 0.717) is 35.7 Å². The number of likely N-dealkylation sites (N-methyl/N-ethyl adjacent to an activating group) is 1. The van der Waals surface area contributed by atoms with Gasteiger partial charge in [-0.05, 0) is 42.8 Å². The van der Waals surface area contributed by atoms with Crippen molar-refractivity contribution in [2.24, 2.45) is 0 Å². The lowest BCUT2D eigenvalue weighted by atomic mass is 10.2. The van der Waals surface area contributed by atoms with E-state index < -0.39 is 0 Å². The highest BCUT2D eigenvalue weighted by Crippen LogP contribution is 2.31. The minimum absolute atomic E-state index is 0.0659. The fraction of sp³-hybridized carbons (Fsp3) is 0.273. The third kappa shape index (κ3) is 6.32. The van der Waals surface area contributed by atoms with Crippen molar-refractivity contribution in [3.05, 3.63) is 64.6 Å². The van der Waals surface area contributed by atoms with Crippen LogP contribution in [0.3, 0.4) is 0 Å². The van der Waals surface area contributed by atoms with Gasteiger partial charge in [0.2, 0.25) is 0 Å². The van der Waals surface area contributed by atoms with Crippen LogP contribution in [0.5, 0.6) is 11.5 Å². The highest BCUT2D eigenvalue weighted by atomic mass is 32.2. The van der Waals surface area contributed by atoms with Crippen molar-refractivity contribution in [3.8, 4) is 11.5 Å². The monoisotopic (exact) mass is 429 g/mol. The highest BCUT2D eigenvalue weighted by molar-refractivity contribution is 8.26. The van der Waals surface area contributed by atoms with Gasteiger partial charge in [0.25, 0.3) is 5.91 Å². The fourth-order valence-corrected chi connectivity index (χ4v) is 3.71. The Morgan fingerprint density at radius 3 is 2.00 bits per heavy atom. The molecule has 2 aromatic rings. The molecule has 2 aromatic carbocycles. The van der Waals surface area contributed by atoms with Gasteiger partial charge in [-0.1, -0.05) is 53.8 Å². The first kappa shape index (κ1) is 21.4. The summed E-state index contributed by atoms with van der Waals surface area (Å²) < 4.78 is 17.4. The molecule has 1 saturated heterocycles. The molecular formula is C22H23NO4S2. The molecule has 152 valence electrons. The minimum atomic E-state index is -0.0659. The molecule has 0 aliphatic carbocycles. The lowest BCUT2D eigenvalue weighted by molar-refractivity contribution is -0.121. The van der Waals surface area contributed by atoms with Gasteiger partial charge in [-0.15, -0.1) is 0 Å². The van der Waals surface area contributed by atoms with Crippen LogP contribution < -0.4 is 9.47 Å². The van der Waals surface area contributed by atoms with Gasteiger partial charge < -0.3 is 14.2 Å². The molecule has 0 atom stereocenters. The average Bonchev–Trinajstić information content (AvgIpc) is 2.96. The number of hydrogen-bond donors (Lipinski definition) is 0. The zero-order valence-electron chi connectivity index (χ0n) is 16.4. The van der Waals surface area contributed by atoms with E-state index in [9.17, 15) is 4.79 Å². The van der Waals surface area contributed by atoms with E-state index in [4.69, 9.17) is 26.4 Å². The van der Waals surface area contributed by atoms with Crippen molar-refractivity contribution >= 4 is 40.3 Å². The summed E-state index contributed by atoms with van der Waals surface area (Å²) in [6.45, 7) is 3.99. The van der Waals surface area contributed by atoms with Crippen molar-refractivity contribution in [1.82, 2.24) is 4.90 Å². The van der Waals surface area contributed by atoms with E-state index in [2.05, 4.69) is 0 Å². The SMILES string of the molecule is Cc1ccc(OCCOCCOc2ccc(C=C3SC(=S)N(C)C3=O)cc2)cc1. The Hall–Kier alpha value is -2.35. The van der Waals surface area contributed by atoms with Crippen LogP contribution in [-0.4, -0.2) is 48.6 Å². The molecule has 5 nitrogen and oxygen atoms in total. The van der Waals surface area contributed by atoms with Gasteiger partial charge in [-0.3, -0.25) is 9.69 Å². The Kier molecular flexibility index (Phi) is 7.69. The van der Waals surface area contributed by atoms with Crippen LogP contribution >= 0.6 is 24.0 Å². The highest BCUT2D eigenvalue weighted by Gasteiger charge is 2.28. The maximum absolute atomic E-state index is 12.0. The molecule has 3 rings (SSSR count). The van der Waals surface area contributed by atoms with Crippen LogP contribution in [0.2, 0.25) is 0 Å². The Labute approximate surface area is 180 Å². The number of carbonyl (C=O) groups is 1. The number of hydrogen-bond acceptors (Lipinski definition) is 6. The third-order valence-corrected chi connectivity index (χ3v) is 5.66. The predicted octanol–water partition coefficient (Wildman–Crippen LogP) is 4.30. The Morgan fingerprint density at radius 2 is 1.48 bits per heavy atom. The molecule has 0 unspecified atom stereocenters. The number of carbonyl (C=O) groups excluding carboxylic acids is 1. The topological polar surface area (TPSA) is 48.0 Å². The molecular weight excluding hydrogens is 406 g/mol. The first-order chi connectivity index (χ1) is 14.0. The number of nitrogens with zero attached hydrogens (tertiary/aromatic N) is 1. The van der Waals surface area contributed by atoms with Crippen molar-refractivity contribution < 1.29 is 19.0 Å². The van der Waals surface area contributed by atoms with Crippen molar-refractivity contribution in [2.75, 3.05) is 33.5 Å². The fourth-order valence-electron chi connectivity index (χ4n) is 2.53. The second-order valence-electron chi connectivity index (χ2n) is 6.43. The van der Waals surface area contributed by atoms with Crippen LogP contribution in [0.4, 0.5) is 0 Å². The number of ether oxygens (including phenoxy) is 3. The summed E-state index contributed by atoms with van der Waals surface area (Å²) in [5.74, 6) is 1.53. The summed E-state index contributed by atoms with van der Waals surface area (Å²) in [5.41, 5.74) is 2.13. The predicted molar refractivity (Wildman–Crippen MR) is 120 cm³/mol. The van der Waals surface area contributed by atoms with Gasteiger partial charge in [0.1, 0.15) is 29.0 Å². The van der Waals surface area contributed by atoms with Crippen LogP contribution in [0.1, 0.15) is 11.1 Å². The van der Waals surface area contributed by atoms with E-state index in [0.717, 1.165) is 17.1 Å². The van der Waals surface area contributed by atoms with Gasteiger partial charge in [0, 0.05) is 7.05 Å². The Morgan fingerprint density at radius 1 is 0.931 bits per heavy atom. The first-order valence-electron chi connectivity index (χ1n) is 9.24. The number of aryl methyl sites for hydroxylation is 1. The third-order valence-electron chi connectivity index (χ3n) is 4.18. The lowest BCUT2D eigenvalue weighted by Crippen LogP contribution is -2.22. The Bertz CT molecular complexity index is 879. The van der Waals surface area contributed by atoms with E-state index in [1.54, 1.807) is 7.05 Å². The summed E-state index contributed by atoms with van der Waals surface area (Å²) in [6.07, 6.45) is 1.84. The van der Waals surface area contributed by atoms with Gasteiger partial charge >= 0.3 is 0 Å². The van der Waals surface area contributed by atoms with E-state index in [1.807, 2.05) is 61.5 Å². The average molecular weight is 430 g/mol. The molecule has 1 aliphatic rings. The number of rotatable bonds is 9. The molecule has 1 fully saturated rings. The largest absolute Gasteiger partial charge is 0.491 e. The second-order valence-corrected chi connectivity index (χ2v) is 8.11. The van der Waals surface area contributed by atoms with Crippen LogP contribution in [0.25, 0.3) is 6.08 Å². The summed E-state index contributed by atoms with van der Waals surface area (Å²) in [6, 6.07) is 15.5. The molecule has 7 heteroatoms. The molecule has 1 heterocycles. The maximum Gasteiger partial charge on any atom is 0.265 e. The molecule has 0 radical (unpaired) electrons. The minimum Gasteiger partial charge on any atom is -0.491 e. The summed E-state index contributed by atoms with van der Waals surface area (Å²) in [4.78, 5) is 14.1. The molecule has 0 N–H and O–H groups in total. The molecule has 1 amide bonds. The normalized spacial score (nSPS) is 15.2. The maximum atomic E-state index is 12.0. The molecule has 0 bridgehead atoms. The van der Waals surface area contributed by atoms with E-state index >= 15 is 0 Å². The van der Waals surface area contributed by atoms with Crippen LogP contribution in [0, 0.1) is 6.92 Å². The molecule has 29 heavy (non-hydrogen) atoms. The number of thioether (sulfide) groups is 1. The smallest absolute Gasteiger partial charge is 0.265 e. The zero-order valence-corrected chi connectivity index (χ0v) is 18.1. The Balaban J connectivity index is 1.34. The summed E-state index contributed by atoms with van der Waals surface area (Å²) in [5, 5.41) is 0. The molecule has 1 aliphatic heterocycles.